The van der Waals surface area contributed by atoms with E-state index in [1.807, 2.05) is 24.3 Å². The summed E-state index contributed by atoms with van der Waals surface area (Å²) in [6.45, 7) is 4.34. The number of hydrogen-bond donors (Lipinski definition) is 1. The van der Waals surface area contributed by atoms with Gasteiger partial charge in [-0.25, -0.2) is 14.6 Å². The van der Waals surface area contributed by atoms with Gasteiger partial charge in [0.1, 0.15) is 5.75 Å². The fourth-order valence-electron chi connectivity index (χ4n) is 2.73. The largest absolute Gasteiger partial charge is 0.494 e. The van der Waals surface area contributed by atoms with Crippen molar-refractivity contribution in [2.75, 3.05) is 18.7 Å². The van der Waals surface area contributed by atoms with Gasteiger partial charge in [-0.2, -0.15) is 5.48 Å². The first-order chi connectivity index (χ1) is 15.2. The van der Waals surface area contributed by atoms with E-state index in [0.29, 0.717) is 29.7 Å². The molecule has 0 spiro atoms. The number of hydrogen-bond acceptors (Lipinski definition) is 8. The summed E-state index contributed by atoms with van der Waals surface area (Å²) in [5.74, 6) is -0.193. The molecule has 0 bridgehead atoms. The SMILES string of the molecule is C=CC(=O)OCCCCCCOc1ccc(C(=O)ONc2nc3ccccc3s2)cc1. The van der Waals surface area contributed by atoms with Gasteiger partial charge in [0.05, 0.1) is 29.0 Å². The molecule has 0 atom stereocenters. The summed E-state index contributed by atoms with van der Waals surface area (Å²) >= 11 is 1.41. The van der Waals surface area contributed by atoms with Crippen molar-refractivity contribution in [2.45, 2.75) is 25.7 Å². The molecule has 0 saturated heterocycles. The van der Waals surface area contributed by atoms with Crippen molar-refractivity contribution in [2.24, 2.45) is 0 Å². The van der Waals surface area contributed by atoms with E-state index in [1.165, 1.54) is 11.3 Å². The molecule has 31 heavy (non-hydrogen) atoms. The molecule has 0 radical (unpaired) electrons. The smallest absolute Gasteiger partial charge is 0.362 e. The molecule has 8 heteroatoms. The summed E-state index contributed by atoms with van der Waals surface area (Å²) in [6, 6.07) is 14.5. The van der Waals surface area contributed by atoms with Crippen molar-refractivity contribution < 1.29 is 23.9 Å². The Hall–Kier alpha value is -3.39. The van der Waals surface area contributed by atoms with Gasteiger partial charge in [0, 0.05) is 6.08 Å². The van der Waals surface area contributed by atoms with Gasteiger partial charge in [0.15, 0.2) is 0 Å². The average Bonchev–Trinajstić information content (AvgIpc) is 3.22. The zero-order valence-electron chi connectivity index (χ0n) is 17.0. The number of aromatic nitrogens is 1. The Balaban J connectivity index is 1.33. The van der Waals surface area contributed by atoms with Crippen molar-refractivity contribution in [1.82, 2.24) is 4.98 Å². The maximum atomic E-state index is 12.2. The number of para-hydroxylation sites is 1. The molecule has 1 heterocycles. The number of carbonyl (C=O) groups excluding carboxylic acids is 2. The topological polar surface area (TPSA) is 86.8 Å². The van der Waals surface area contributed by atoms with E-state index in [2.05, 4.69) is 17.0 Å². The summed E-state index contributed by atoms with van der Waals surface area (Å²) in [5, 5.41) is 0.522. The third-order valence-corrected chi connectivity index (χ3v) is 5.27. The number of unbranched alkanes of at least 4 members (excludes halogenated alkanes) is 3. The van der Waals surface area contributed by atoms with Crippen LogP contribution in [0.15, 0.2) is 61.2 Å². The lowest BCUT2D eigenvalue weighted by molar-refractivity contribution is -0.137. The van der Waals surface area contributed by atoms with Crippen LogP contribution in [0.5, 0.6) is 5.75 Å². The highest BCUT2D eigenvalue weighted by Crippen LogP contribution is 2.25. The van der Waals surface area contributed by atoms with Crippen LogP contribution in [-0.4, -0.2) is 30.1 Å². The number of nitrogens with one attached hydrogen (secondary N) is 1. The number of benzene rings is 2. The number of carbonyl (C=O) groups is 2. The van der Waals surface area contributed by atoms with E-state index in [1.54, 1.807) is 24.3 Å². The number of nitrogens with zero attached hydrogens (tertiary/aromatic N) is 1. The van der Waals surface area contributed by atoms with Crippen molar-refractivity contribution in [1.29, 1.82) is 0 Å². The van der Waals surface area contributed by atoms with Crippen molar-refractivity contribution in [3.63, 3.8) is 0 Å². The second-order valence-corrected chi connectivity index (χ2v) is 7.67. The average molecular weight is 441 g/mol. The Bertz CT molecular complexity index is 983. The number of anilines is 1. The first kappa shape index (κ1) is 22.3. The van der Waals surface area contributed by atoms with E-state index in [0.717, 1.165) is 42.0 Å². The number of thiazole rings is 1. The van der Waals surface area contributed by atoms with Crippen LogP contribution in [0, 0.1) is 0 Å². The van der Waals surface area contributed by atoms with E-state index in [9.17, 15) is 9.59 Å². The molecular weight excluding hydrogens is 416 g/mol. The van der Waals surface area contributed by atoms with Crippen LogP contribution < -0.4 is 10.2 Å². The highest BCUT2D eigenvalue weighted by molar-refractivity contribution is 7.22. The Morgan fingerprint density at radius 2 is 1.74 bits per heavy atom. The van der Waals surface area contributed by atoms with E-state index in [4.69, 9.17) is 14.3 Å². The number of esters is 1. The maximum Gasteiger partial charge on any atom is 0.362 e. The lowest BCUT2D eigenvalue weighted by Crippen LogP contribution is -2.10. The molecular formula is C23H24N2O5S. The van der Waals surface area contributed by atoms with Gasteiger partial charge < -0.3 is 14.3 Å². The quantitative estimate of drug-likeness (QED) is 0.180. The molecule has 0 unspecified atom stereocenters. The van der Waals surface area contributed by atoms with E-state index >= 15 is 0 Å². The molecule has 2 aromatic carbocycles. The molecule has 162 valence electrons. The molecule has 1 aromatic heterocycles. The fraction of sp³-hybridized carbons (Fsp3) is 0.261. The number of ether oxygens (including phenoxy) is 2. The first-order valence-corrected chi connectivity index (χ1v) is 10.8. The Morgan fingerprint density at radius 3 is 2.48 bits per heavy atom. The van der Waals surface area contributed by atoms with Crippen LogP contribution in [-0.2, 0) is 14.4 Å². The number of rotatable bonds is 12. The summed E-state index contributed by atoms with van der Waals surface area (Å²) in [6.07, 6.45) is 4.82. The molecule has 3 rings (SSSR count). The van der Waals surface area contributed by atoms with Crippen LogP contribution in [0.2, 0.25) is 0 Å². The summed E-state index contributed by atoms with van der Waals surface area (Å²) in [7, 11) is 0. The van der Waals surface area contributed by atoms with E-state index < -0.39 is 5.97 Å². The van der Waals surface area contributed by atoms with Gasteiger partial charge in [-0.1, -0.05) is 30.0 Å². The molecule has 3 aromatic rings. The van der Waals surface area contributed by atoms with E-state index in [-0.39, 0.29) is 5.97 Å². The normalized spacial score (nSPS) is 10.5. The predicted octanol–water partition coefficient (Wildman–Crippen LogP) is 5.15. The highest BCUT2D eigenvalue weighted by atomic mass is 32.1. The van der Waals surface area contributed by atoms with Crippen molar-refractivity contribution in [3.05, 3.63) is 66.7 Å². The minimum atomic E-state index is -0.497. The molecule has 0 fully saturated rings. The van der Waals surface area contributed by atoms with Gasteiger partial charge in [0.2, 0.25) is 5.13 Å². The Labute approximate surface area is 184 Å². The Kier molecular flexibility index (Phi) is 8.42. The van der Waals surface area contributed by atoms with Gasteiger partial charge in [-0.05, 0) is 62.1 Å². The van der Waals surface area contributed by atoms with Gasteiger partial charge in [-0.15, -0.1) is 0 Å². The second kappa shape index (κ2) is 11.7. The van der Waals surface area contributed by atoms with Crippen molar-refractivity contribution in [3.8, 4) is 5.75 Å². The third-order valence-electron chi connectivity index (χ3n) is 4.33. The zero-order valence-corrected chi connectivity index (χ0v) is 17.9. The maximum absolute atomic E-state index is 12.2. The highest BCUT2D eigenvalue weighted by Gasteiger charge is 2.10. The molecule has 0 aliphatic rings. The monoisotopic (exact) mass is 440 g/mol. The standard InChI is InChI=1S/C23H24N2O5S/c1-2-21(26)29-16-8-4-3-7-15-28-18-13-11-17(12-14-18)22(27)30-25-23-24-19-9-5-6-10-20(19)31-23/h2,5-6,9-14H,1,3-4,7-8,15-16H2,(H,24,25). The molecule has 0 saturated carbocycles. The molecule has 7 nitrogen and oxygen atoms in total. The number of fused-ring (bicyclic) bond motifs is 1. The minimum Gasteiger partial charge on any atom is -0.494 e. The summed E-state index contributed by atoms with van der Waals surface area (Å²) in [5.41, 5.74) is 3.88. The molecule has 0 amide bonds. The molecule has 0 aliphatic heterocycles. The van der Waals surface area contributed by atoms with Crippen LogP contribution >= 0.6 is 11.3 Å². The zero-order chi connectivity index (χ0) is 21.9. The third kappa shape index (κ3) is 7.11. The van der Waals surface area contributed by atoms with Crippen LogP contribution in [0.1, 0.15) is 36.0 Å². The second-order valence-electron chi connectivity index (χ2n) is 6.64. The van der Waals surface area contributed by atoms with Crippen LogP contribution in [0.4, 0.5) is 5.13 Å². The molecule has 1 N–H and O–H groups in total. The summed E-state index contributed by atoms with van der Waals surface area (Å²) < 4.78 is 11.6. The van der Waals surface area contributed by atoms with Crippen LogP contribution in [0.25, 0.3) is 10.2 Å². The lowest BCUT2D eigenvalue weighted by atomic mass is 10.2. The van der Waals surface area contributed by atoms with Gasteiger partial charge in [0.25, 0.3) is 0 Å². The summed E-state index contributed by atoms with van der Waals surface area (Å²) in [4.78, 5) is 32.6. The van der Waals surface area contributed by atoms with Crippen molar-refractivity contribution >= 4 is 38.6 Å². The first-order valence-electron chi connectivity index (χ1n) is 10.0. The lowest BCUT2D eigenvalue weighted by Gasteiger charge is -2.07. The Morgan fingerprint density at radius 1 is 1.00 bits per heavy atom. The minimum absolute atomic E-state index is 0.386. The predicted molar refractivity (Wildman–Crippen MR) is 120 cm³/mol. The molecule has 0 aliphatic carbocycles. The van der Waals surface area contributed by atoms with Crippen LogP contribution in [0.3, 0.4) is 0 Å². The van der Waals surface area contributed by atoms with Gasteiger partial charge in [-0.3, -0.25) is 0 Å². The fourth-order valence-corrected chi connectivity index (χ4v) is 3.53. The van der Waals surface area contributed by atoms with Gasteiger partial charge >= 0.3 is 11.9 Å².